The van der Waals surface area contributed by atoms with Crippen LogP contribution in [0.2, 0.25) is 0 Å². The van der Waals surface area contributed by atoms with E-state index in [2.05, 4.69) is 10.6 Å². The molecule has 22 heavy (non-hydrogen) atoms. The highest BCUT2D eigenvalue weighted by atomic mass is 32.2. The maximum Gasteiger partial charge on any atom is 0.318 e. The molecule has 9 nitrogen and oxygen atoms in total. The number of hydrogen-bond acceptors (Lipinski definition) is 5. The van der Waals surface area contributed by atoms with Crippen molar-refractivity contribution in [2.45, 2.75) is 43.8 Å². The molecule has 0 aromatic rings. The summed E-state index contributed by atoms with van der Waals surface area (Å²) in [7, 11) is -4.65. The topological polar surface area (TPSA) is 135 Å². The van der Waals surface area contributed by atoms with Crippen LogP contribution in [0.3, 0.4) is 0 Å². The molecule has 0 saturated carbocycles. The zero-order valence-electron chi connectivity index (χ0n) is 12.2. The van der Waals surface area contributed by atoms with Gasteiger partial charge in [0.2, 0.25) is 0 Å². The molecule has 0 radical (unpaired) electrons. The minimum absolute atomic E-state index is 0.0637. The molecule has 3 atom stereocenters. The first-order valence-electron chi connectivity index (χ1n) is 7.48. The Balaban J connectivity index is 1.95. The predicted molar refractivity (Wildman–Crippen MR) is 75.6 cm³/mol. The van der Waals surface area contributed by atoms with E-state index in [1.54, 1.807) is 0 Å². The molecule has 0 aromatic heterocycles. The first-order valence-corrected chi connectivity index (χ1v) is 8.89. The van der Waals surface area contributed by atoms with Gasteiger partial charge >= 0.3 is 6.03 Å². The third-order valence-electron chi connectivity index (χ3n) is 4.16. The van der Waals surface area contributed by atoms with Gasteiger partial charge in [-0.3, -0.25) is 0 Å². The van der Waals surface area contributed by atoms with Gasteiger partial charge in [0.05, 0.1) is 13.1 Å². The maximum absolute atomic E-state index is 12.3. The molecule has 4 N–H and O–H groups in total. The van der Waals surface area contributed by atoms with E-state index in [9.17, 15) is 22.6 Å². The van der Waals surface area contributed by atoms with Gasteiger partial charge in [-0.15, -0.1) is 0 Å². The Morgan fingerprint density at radius 2 is 2.05 bits per heavy atom. The number of nitrogens with two attached hydrogens (primary N) is 1. The fourth-order valence-corrected chi connectivity index (χ4v) is 3.68. The minimum Gasteiger partial charge on any atom is -0.735 e. The highest BCUT2D eigenvalue weighted by Crippen LogP contribution is 2.18. The summed E-state index contributed by atoms with van der Waals surface area (Å²) in [6.45, 7) is 2.22. The molecular weight excluding hydrogens is 312 g/mol. The molecule has 0 unspecified atom stereocenters. The summed E-state index contributed by atoms with van der Waals surface area (Å²) in [5.74, 6) is 0. The largest absolute Gasteiger partial charge is 0.735 e. The van der Waals surface area contributed by atoms with Gasteiger partial charge in [-0.1, -0.05) is 0 Å². The number of carbonyl (C=O) groups is 2. The third-order valence-corrected chi connectivity index (χ3v) is 4.75. The van der Waals surface area contributed by atoms with Crippen molar-refractivity contribution >= 4 is 22.6 Å². The predicted octanol–water partition coefficient (Wildman–Crippen LogP) is -2.50. The van der Waals surface area contributed by atoms with Gasteiger partial charge in [-0.2, -0.15) is 0 Å². The molecule has 2 aliphatic rings. The van der Waals surface area contributed by atoms with Gasteiger partial charge in [-0.05, 0) is 19.3 Å². The number of carbonyl (C=O) groups excluding carboxylic acids is 2. The second kappa shape index (κ2) is 7.36. The average molecular weight is 334 g/mol. The van der Waals surface area contributed by atoms with Crippen molar-refractivity contribution in [3.8, 4) is 0 Å². The SMILES string of the molecule is O=C[C@@H]1[C@H](NS(=O)(=O)[O-])CCN1C(=O)N[C@@H]1CCC[NH2+]CC1. The van der Waals surface area contributed by atoms with Crippen molar-refractivity contribution in [1.29, 1.82) is 0 Å². The molecule has 2 saturated heterocycles. The third kappa shape index (κ3) is 4.63. The van der Waals surface area contributed by atoms with E-state index >= 15 is 0 Å². The minimum atomic E-state index is -4.65. The summed E-state index contributed by atoms with van der Waals surface area (Å²) in [5, 5.41) is 5.10. The van der Waals surface area contributed by atoms with Crippen molar-refractivity contribution in [3.63, 3.8) is 0 Å². The van der Waals surface area contributed by atoms with E-state index in [1.807, 2.05) is 4.72 Å². The molecule has 0 bridgehead atoms. The van der Waals surface area contributed by atoms with Crippen LogP contribution in [0.5, 0.6) is 0 Å². The molecule has 0 aromatic carbocycles. The van der Waals surface area contributed by atoms with Crippen molar-refractivity contribution in [2.75, 3.05) is 19.6 Å². The lowest BCUT2D eigenvalue weighted by atomic mass is 10.1. The van der Waals surface area contributed by atoms with Crippen LogP contribution in [-0.4, -0.2) is 67.9 Å². The second-order valence-electron chi connectivity index (χ2n) is 5.73. The number of rotatable bonds is 4. The molecule has 0 spiro atoms. The summed E-state index contributed by atoms with van der Waals surface area (Å²) >= 11 is 0. The van der Waals surface area contributed by atoms with E-state index in [0.717, 1.165) is 32.4 Å². The van der Waals surface area contributed by atoms with Crippen molar-refractivity contribution in [3.05, 3.63) is 0 Å². The zero-order chi connectivity index (χ0) is 16.2. The lowest BCUT2D eigenvalue weighted by Crippen LogP contribution is -2.84. The molecule has 10 heteroatoms. The van der Waals surface area contributed by atoms with Crippen LogP contribution in [0.25, 0.3) is 0 Å². The highest BCUT2D eigenvalue weighted by Gasteiger charge is 2.38. The number of quaternary nitrogens is 1. The van der Waals surface area contributed by atoms with Crippen LogP contribution in [0.15, 0.2) is 0 Å². The Bertz CT molecular complexity index is 504. The summed E-state index contributed by atoms with van der Waals surface area (Å²) in [4.78, 5) is 24.8. The number of hydrogen-bond donors (Lipinski definition) is 3. The molecule has 2 heterocycles. The molecule has 2 aliphatic heterocycles. The van der Waals surface area contributed by atoms with Crippen LogP contribution in [0.1, 0.15) is 25.7 Å². The van der Waals surface area contributed by atoms with Gasteiger partial charge < -0.3 is 24.9 Å². The number of amides is 2. The van der Waals surface area contributed by atoms with Crippen LogP contribution in [0.4, 0.5) is 4.79 Å². The van der Waals surface area contributed by atoms with Crippen LogP contribution in [-0.2, 0) is 15.1 Å². The van der Waals surface area contributed by atoms with E-state index in [4.69, 9.17) is 0 Å². The van der Waals surface area contributed by atoms with Crippen LogP contribution < -0.4 is 15.4 Å². The van der Waals surface area contributed by atoms with Gasteiger partial charge in [0.1, 0.15) is 12.3 Å². The maximum atomic E-state index is 12.3. The molecule has 2 amide bonds. The average Bonchev–Trinajstić information content (AvgIpc) is 2.65. The van der Waals surface area contributed by atoms with Gasteiger partial charge in [-0.25, -0.2) is 17.9 Å². The quantitative estimate of drug-likeness (QED) is 0.386. The first kappa shape index (κ1) is 17.1. The van der Waals surface area contributed by atoms with Crippen molar-refractivity contribution in [2.24, 2.45) is 0 Å². The molecule has 2 fully saturated rings. The van der Waals surface area contributed by atoms with Gasteiger partial charge in [0, 0.05) is 25.0 Å². The van der Waals surface area contributed by atoms with Gasteiger partial charge in [0.25, 0.3) is 0 Å². The van der Waals surface area contributed by atoms with Gasteiger partial charge in [0.15, 0.2) is 10.3 Å². The lowest BCUT2D eigenvalue weighted by Gasteiger charge is -2.27. The number of likely N-dealkylation sites (tertiary alicyclic amines) is 1. The fourth-order valence-electron chi connectivity index (χ4n) is 3.05. The second-order valence-corrected chi connectivity index (χ2v) is 6.87. The van der Waals surface area contributed by atoms with Crippen LogP contribution >= 0.6 is 0 Å². The molecule has 126 valence electrons. The summed E-state index contributed by atoms with van der Waals surface area (Å²) in [5.41, 5.74) is 0. The molecule has 0 aliphatic carbocycles. The Labute approximate surface area is 129 Å². The van der Waals surface area contributed by atoms with Crippen molar-refractivity contribution in [1.82, 2.24) is 14.9 Å². The standard InChI is InChI=1S/C12H22N4O5S/c17-8-11-10(15-22(19,20)21)4-7-16(11)12(18)14-9-2-1-5-13-6-3-9/h8-11,13,15H,1-7H2,(H,14,18)(H,19,20,21)/t9-,10-,11-/m1/s1. The summed E-state index contributed by atoms with van der Waals surface area (Å²) in [6.07, 6.45) is 3.52. The normalized spacial score (nSPS) is 29.9. The van der Waals surface area contributed by atoms with E-state index in [0.29, 0.717) is 6.29 Å². The molecule has 2 rings (SSSR count). The lowest BCUT2D eigenvalue weighted by molar-refractivity contribution is -0.653. The summed E-state index contributed by atoms with van der Waals surface area (Å²) in [6, 6.07) is -2.11. The van der Waals surface area contributed by atoms with E-state index in [1.165, 1.54) is 4.90 Å². The Hall–Kier alpha value is -1.23. The Morgan fingerprint density at radius 1 is 1.27 bits per heavy atom. The fraction of sp³-hybridized carbons (Fsp3) is 0.833. The molecular formula is C12H22N4O5S. The monoisotopic (exact) mass is 334 g/mol. The number of nitrogens with one attached hydrogen (secondary N) is 2. The highest BCUT2D eigenvalue weighted by molar-refractivity contribution is 7.83. The zero-order valence-corrected chi connectivity index (χ0v) is 13.0. The number of urea groups is 1. The van der Waals surface area contributed by atoms with E-state index in [-0.39, 0.29) is 25.0 Å². The first-order chi connectivity index (χ1) is 10.4. The Morgan fingerprint density at radius 3 is 2.73 bits per heavy atom. The Kier molecular flexibility index (Phi) is 5.73. The number of nitrogens with zero attached hydrogens (tertiary/aromatic N) is 1. The van der Waals surface area contributed by atoms with E-state index < -0.39 is 22.4 Å². The smallest absolute Gasteiger partial charge is 0.318 e. The number of aldehydes is 1. The van der Waals surface area contributed by atoms with Crippen LogP contribution in [0, 0.1) is 0 Å². The van der Waals surface area contributed by atoms with Crippen molar-refractivity contribution < 1.29 is 27.9 Å². The summed E-state index contributed by atoms with van der Waals surface area (Å²) < 4.78 is 34.2.